The van der Waals surface area contributed by atoms with Gasteiger partial charge >= 0.3 is 0 Å². The van der Waals surface area contributed by atoms with Crippen molar-refractivity contribution in [2.45, 2.75) is 25.9 Å². The standard InChI is InChI=1S/C19H24BrN3O3S/c1-14-19(20)16-4-2-3-5-17(16)23(14)12-18(24)22-9-7-21(8-10-22)15-6-11-27(25,26)13-15/h2-5,15H,6-13H2,1H3. The second-order valence-electron chi connectivity index (χ2n) is 7.48. The Bertz CT molecular complexity index is 977. The molecule has 1 atom stereocenters. The highest BCUT2D eigenvalue weighted by atomic mass is 79.9. The summed E-state index contributed by atoms with van der Waals surface area (Å²) in [5.41, 5.74) is 2.12. The van der Waals surface area contributed by atoms with Gasteiger partial charge in [-0.1, -0.05) is 18.2 Å². The van der Waals surface area contributed by atoms with Crippen LogP contribution in [0.3, 0.4) is 0 Å². The molecule has 1 amide bonds. The maximum atomic E-state index is 12.9. The van der Waals surface area contributed by atoms with E-state index in [1.54, 1.807) is 0 Å². The van der Waals surface area contributed by atoms with E-state index in [1.807, 2.05) is 30.0 Å². The third-order valence-corrected chi connectivity index (χ3v) is 8.59. The zero-order valence-electron chi connectivity index (χ0n) is 15.4. The van der Waals surface area contributed by atoms with E-state index in [9.17, 15) is 13.2 Å². The minimum atomic E-state index is -2.87. The lowest BCUT2D eigenvalue weighted by atomic mass is 10.2. The van der Waals surface area contributed by atoms with E-state index in [0.29, 0.717) is 25.4 Å². The van der Waals surface area contributed by atoms with Gasteiger partial charge in [0.15, 0.2) is 9.84 Å². The maximum Gasteiger partial charge on any atom is 0.242 e. The minimum absolute atomic E-state index is 0.116. The van der Waals surface area contributed by atoms with E-state index in [2.05, 4.69) is 31.5 Å². The number of nitrogens with zero attached hydrogens (tertiary/aromatic N) is 3. The Kier molecular flexibility index (Phi) is 5.07. The SMILES string of the molecule is Cc1c(Br)c2ccccc2n1CC(=O)N1CCN(C2CCS(=O)(=O)C2)CC1. The van der Waals surface area contributed by atoms with Crippen LogP contribution in [0.1, 0.15) is 12.1 Å². The lowest BCUT2D eigenvalue weighted by molar-refractivity contribution is -0.133. The average Bonchev–Trinajstić information content (AvgIpc) is 3.14. The van der Waals surface area contributed by atoms with Crippen LogP contribution in [0.4, 0.5) is 0 Å². The molecule has 0 radical (unpaired) electrons. The first-order valence-corrected chi connectivity index (χ1v) is 11.9. The van der Waals surface area contributed by atoms with Crippen LogP contribution in [-0.2, 0) is 21.2 Å². The normalized spacial score (nSPS) is 23.2. The van der Waals surface area contributed by atoms with Gasteiger partial charge in [-0.3, -0.25) is 9.69 Å². The summed E-state index contributed by atoms with van der Waals surface area (Å²) in [6.45, 7) is 5.18. The minimum Gasteiger partial charge on any atom is -0.339 e. The van der Waals surface area contributed by atoms with Crippen LogP contribution in [0.5, 0.6) is 0 Å². The smallest absolute Gasteiger partial charge is 0.242 e. The number of halogens is 1. The van der Waals surface area contributed by atoms with Crippen molar-refractivity contribution in [1.29, 1.82) is 0 Å². The van der Waals surface area contributed by atoms with E-state index >= 15 is 0 Å². The molecule has 8 heteroatoms. The fourth-order valence-corrected chi connectivity index (χ4v) is 6.54. The van der Waals surface area contributed by atoms with Gasteiger partial charge in [0, 0.05) is 53.3 Å². The van der Waals surface area contributed by atoms with Gasteiger partial charge in [0.2, 0.25) is 5.91 Å². The number of fused-ring (bicyclic) bond motifs is 1. The summed E-state index contributed by atoms with van der Waals surface area (Å²) < 4.78 is 26.5. The van der Waals surface area contributed by atoms with Crippen LogP contribution in [0.2, 0.25) is 0 Å². The van der Waals surface area contributed by atoms with E-state index in [0.717, 1.165) is 40.6 Å². The van der Waals surface area contributed by atoms with Crippen LogP contribution in [-0.4, -0.2) is 72.4 Å². The Morgan fingerprint density at radius 1 is 1.19 bits per heavy atom. The maximum absolute atomic E-state index is 12.9. The monoisotopic (exact) mass is 453 g/mol. The molecule has 3 heterocycles. The van der Waals surface area contributed by atoms with Crippen LogP contribution in [0, 0.1) is 6.92 Å². The summed E-state index contributed by atoms with van der Waals surface area (Å²) in [5.74, 6) is 0.680. The molecule has 0 spiro atoms. The van der Waals surface area contributed by atoms with Crippen LogP contribution >= 0.6 is 15.9 Å². The van der Waals surface area contributed by atoms with Crippen molar-refractivity contribution < 1.29 is 13.2 Å². The summed E-state index contributed by atoms with van der Waals surface area (Å²) >= 11 is 3.64. The lowest BCUT2D eigenvalue weighted by Crippen LogP contribution is -2.52. The van der Waals surface area contributed by atoms with E-state index in [4.69, 9.17) is 0 Å². The molecular formula is C19H24BrN3O3S. The van der Waals surface area contributed by atoms with E-state index in [1.165, 1.54) is 0 Å². The number of rotatable bonds is 3. The molecule has 0 aliphatic carbocycles. The van der Waals surface area contributed by atoms with Crippen LogP contribution in [0.15, 0.2) is 28.7 Å². The Morgan fingerprint density at radius 3 is 2.56 bits per heavy atom. The Labute approximate surface area is 168 Å². The zero-order chi connectivity index (χ0) is 19.2. The van der Waals surface area contributed by atoms with Gasteiger partial charge in [-0.2, -0.15) is 0 Å². The Hall–Kier alpha value is -1.38. The number of sulfone groups is 1. The predicted octanol–water partition coefficient (Wildman–Crippen LogP) is 2.04. The van der Waals surface area contributed by atoms with Gasteiger partial charge in [0.1, 0.15) is 6.54 Å². The van der Waals surface area contributed by atoms with E-state index < -0.39 is 9.84 Å². The van der Waals surface area contributed by atoms with Gasteiger partial charge in [0.05, 0.1) is 11.5 Å². The molecule has 2 fully saturated rings. The molecule has 0 saturated carbocycles. The summed E-state index contributed by atoms with van der Waals surface area (Å²) in [4.78, 5) is 17.0. The highest BCUT2D eigenvalue weighted by Crippen LogP contribution is 2.30. The molecule has 1 aromatic carbocycles. The van der Waals surface area contributed by atoms with Crippen LogP contribution in [0.25, 0.3) is 10.9 Å². The second kappa shape index (κ2) is 7.22. The number of benzene rings is 1. The molecule has 4 rings (SSSR count). The number of hydrogen-bond acceptors (Lipinski definition) is 4. The molecule has 146 valence electrons. The number of amides is 1. The number of carbonyl (C=O) groups excluding carboxylic acids is 1. The molecule has 0 bridgehead atoms. The summed E-state index contributed by atoms with van der Waals surface area (Å²) in [7, 11) is -2.87. The van der Waals surface area contributed by atoms with Crippen molar-refractivity contribution >= 4 is 42.6 Å². The van der Waals surface area contributed by atoms with Gasteiger partial charge in [0.25, 0.3) is 0 Å². The fourth-order valence-electron chi connectivity index (χ4n) is 4.23. The third kappa shape index (κ3) is 3.67. The largest absolute Gasteiger partial charge is 0.339 e. The molecule has 0 N–H and O–H groups in total. The van der Waals surface area contributed by atoms with Gasteiger partial charge in [-0.05, 0) is 35.3 Å². The highest BCUT2D eigenvalue weighted by Gasteiger charge is 2.34. The predicted molar refractivity (Wildman–Crippen MR) is 110 cm³/mol. The van der Waals surface area contributed by atoms with Crippen LogP contribution < -0.4 is 0 Å². The van der Waals surface area contributed by atoms with Crippen molar-refractivity contribution in [3.05, 3.63) is 34.4 Å². The quantitative estimate of drug-likeness (QED) is 0.713. The zero-order valence-corrected chi connectivity index (χ0v) is 17.8. The number of aromatic nitrogens is 1. The summed E-state index contributed by atoms with van der Waals surface area (Å²) in [6, 6.07) is 8.21. The molecule has 2 aliphatic heterocycles. The fraction of sp³-hybridized carbons (Fsp3) is 0.526. The van der Waals surface area contributed by atoms with Crippen molar-refractivity contribution in [3.8, 4) is 0 Å². The van der Waals surface area contributed by atoms with Crippen molar-refractivity contribution in [2.75, 3.05) is 37.7 Å². The molecule has 2 aromatic rings. The molecule has 2 saturated heterocycles. The average molecular weight is 454 g/mol. The molecular weight excluding hydrogens is 430 g/mol. The number of hydrogen-bond donors (Lipinski definition) is 0. The second-order valence-corrected chi connectivity index (χ2v) is 10.5. The van der Waals surface area contributed by atoms with Gasteiger partial charge < -0.3 is 9.47 Å². The first kappa shape index (κ1) is 19.0. The van der Waals surface area contributed by atoms with Crippen molar-refractivity contribution in [1.82, 2.24) is 14.4 Å². The first-order valence-electron chi connectivity index (χ1n) is 9.31. The van der Waals surface area contributed by atoms with E-state index in [-0.39, 0.29) is 17.7 Å². The topological polar surface area (TPSA) is 62.6 Å². The number of carbonyl (C=O) groups is 1. The van der Waals surface area contributed by atoms with Gasteiger partial charge in [-0.15, -0.1) is 0 Å². The molecule has 27 heavy (non-hydrogen) atoms. The number of piperazine rings is 1. The van der Waals surface area contributed by atoms with Crippen molar-refractivity contribution in [3.63, 3.8) is 0 Å². The lowest BCUT2D eigenvalue weighted by Gasteiger charge is -2.37. The first-order chi connectivity index (χ1) is 12.9. The summed E-state index contributed by atoms with van der Waals surface area (Å²) in [6.07, 6.45) is 0.721. The number of para-hydroxylation sites is 1. The molecule has 1 unspecified atom stereocenters. The molecule has 1 aromatic heterocycles. The van der Waals surface area contributed by atoms with Gasteiger partial charge in [-0.25, -0.2) is 8.42 Å². The molecule has 6 nitrogen and oxygen atoms in total. The van der Waals surface area contributed by atoms with Crippen molar-refractivity contribution in [2.24, 2.45) is 0 Å². The highest BCUT2D eigenvalue weighted by molar-refractivity contribution is 9.10. The Morgan fingerprint density at radius 2 is 1.89 bits per heavy atom. The molecule has 2 aliphatic rings. The summed E-state index contributed by atoms with van der Waals surface area (Å²) in [5, 5.41) is 1.12. The third-order valence-electron chi connectivity index (χ3n) is 5.84. The Balaban J connectivity index is 1.42.